The number of sulfonamides is 1. The van der Waals surface area contributed by atoms with Crippen LogP contribution >= 0.6 is 11.3 Å². The lowest BCUT2D eigenvalue weighted by Crippen LogP contribution is -2.51. The van der Waals surface area contributed by atoms with Crippen molar-refractivity contribution in [3.05, 3.63) is 54.1 Å². The molecule has 0 saturated carbocycles. The average molecular weight is 635 g/mol. The number of hydrogen-bond acceptors (Lipinski definition) is 10. The first-order valence-corrected chi connectivity index (χ1v) is 16.4. The maximum atomic E-state index is 13.9. The van der Waals surface area contributed by atoms with Gasteiger partial charge in [-0.1, -0.05) is 55.5 Å². The topological polar surface area (TPSA) is 147 Å². The predicted octanol–water partition coefficient (Wildman–Crippen LogP) is 4.41. The number of aliphatic hydroxyl groups excluding tert-OH is 1. The zero-order valence-electron chi connectivity index (χ0n) is 25.5. The number of thiazole rings is 1. The van der Waals surface area contributed by atoms with Gasteiger partial charge in [0.15, 0.2) is 5.13 Å². The van der Waals surface area contributed by atoms with Crippen LogP contribution in [0.15, 0.2) is 53.4 Å². The molecule has 0 unspecified atom stereocenters. The molecule has 13 heteroatoms. The summed E-state index contributed by atoms with van der Waals surface area (Å²) in [5, 5.41) is 17.8. The van der Waals surface area contributed by atoms with Crippen LogP contribution < -0.4 is 10.6 Å². The molecular formula is C30H42N4O7S2. The SMILES string of the molecule is COC(=O)CCNc1nc2ccc(S(=O)(=O)N(CC(C)C)C[C@@H](O)[C@H](Cc3ccccc3)NC(=O)OC(C)(C)C)cc2s1. The molecular weight excluding hydrogens is 592 g/mol. The van der Waals surface area contributed by atoms with E-state index in [4.69, 9.17) is 4.74 Å². The van der Waals surface area contributed by atoms with Crippen LogP contribution in [0.4, 0.5) is 9.93 Å². The number of amides is 1. The van der Waals surface area contributed by atoms with Crippen LogP contribution in [-0.2, 0) is 30.7 Å². The number of esters is 1. The van der Waals surface area contributed by atoms with Crippen molar-refractivity contribution in [1.29, 1.82) is 0 Å². The van der Waals surface area contributed by atoms with Gasteiger partial charge in [0, 0.05) is 19.6 Å². The van der Waals surface area contributed by atoms with Gasteiger partial charge >= 0.3 is 12.1 Å². The molecule has 0 aliphatic heterocycles. The van der Waals surface area contributed by atoms with E-state index in [1.54, 1.807) is 32.9 Å². The number of alkyl carbamates (subject to hydrolysis) is 1. The normalized spacial score (nSPS) is 13.6. The molecule has 3 N–H and O–H groups in total. The Balaban J connectivity index is 1.85. The third-order valence-corrected chi connectivity index (χ3v) is 9.06. The Labute approximate surface area is 257 Å². The number of carbonyl (C=O) groups excluding carboxylic acids is 2. The Morgan fingerprint density at radius 1 is 1.09 bits per heavy atom. The molecule has 2 aromatic carbocycles. The van der Waals surface area contributed by atoms with Crippen LogP contribution in [0.25, 0.3) is 10.2 Å². The minimum Gasteiger partial charge on any atom is -0.469 e. The lowest BCUT2D eigenvalue weighted by atomic mass is 10.0. The van der Waals surface area contributed by atoms with Crippen LogP contribution in [0.1, 0.15) is 46.6 Å². The largest absolute Gasteiger partial charge is 0.469 e. The molecule has 3 aromatic rings. The number of nitrogens with one attached hydrogen (secondary N) is 2. The van der Waals surface area contributed by atoms with E-state index >= 15 is 0 Å². The highest BCUT2D eigenvalue weighted by Gasteiger charge is 2.32. The maximum absolute atomic E-state index is 13.9. The third-order valence-electron chi connectivity index (χ3n) is 6.26. The second kappa shape index (κ2) is 15.0. The summed E-state index contributed by atoms with van der Waals surface area (Å²) < 4.78 is 39.9. The standard InChI is InChI=1S/C30H42N4O7S2/c1-20(2)18-34(19-25(35)24(16-21-10-8-7-9-11-21)33-29(37)41-30(3,4)5)43(38,39)22-12-13-23-26(17-22)42-28(32-23)31-15-14-27(36)40-6/h7-13,17,20,24-25,35H,14-16,18-19H2,1-6H3,(H,31,32)(H,33,37)/t24-,25+/m0/s1. The lowest BCUT2D eigenvalue weighted by molar-refractivity contribution is -0.140. The van der Waals surface area contributed by atoms with Gasteiger partial charge in [0.05, 0.1) is 40.8 Å². The number of nitrogens with zero attached hydrogens (tertiary/aromatic N) is 2. The van der Waals surface area contributed by atoms with E-state index in [-0.39, 0.29) is 42.7 Å². The molecule has 0 radical (unpaired) electrons. The Hall–Kier alpha value is -3.26. The quantitative estimate of drug-likeness (QED) is 0.219. The molecule has 0 saturated heterocycles. The third kappa shape index (κ3) is 10.4. The van der Waals surface area contributed by atoms with E-state index in [2.05, 4.69) is 20.4 Å². The zero-order chi connectivity index (χ0) is 31.8. The molecule has 0 aliphatic carbocycles. The fraction of sp³-hybridized carbons (Fsp3) is 0.500. The summed E-state index contributed by atoms with van der Waals surface area (Å²) in [6.45, 7) is 9.27. The highest BCUT2D eigenvalue weighted by molar-refractivity contribution is 7.89. The number of carbonyl (C=O) groups is 2. The summed E-state index contributed by atoms with van der Waals surface area (Å²) in [6, 6.07) is 13.2. The van der Waals surface area contributed by atoms with Gasteiger partial charge in [-0.2, -0.15) is 4.31 Å². The van der Waals surface area contributed by atoms with E-state index in [1.165, 1.54) is 28.8 Å². The van der Waals surface area contributed by atoms with E-state index in [0.717, 1.165) is 5.56 Å². The average Bonchev–Trinajstić information content (AvgIpc) is 3.33. The molecule has 3 rings (SSSR count). The number of aliphatic hydroxyl groups is 1. The van der Waals surface area contributed by atoms with Crippen molar-refractivity contribution in [1.82, 2.24) is 14.6 Å². The van der Waals surface area contributed by atoms with Crippen LogP contribution in [0.5, 0.6) is 0 Å². The summed E-state index contributed by atoms with van der Waals surface area (Å²) in [6.07, 6.45) is -1.49. The molecule has 43 heavy (non-hydrogen) atoms. The molecule has 1 aromatic heterocycles. The van der Waals surface area contributed by atoms with Crippen molar-refractivity contribution in [2.24, 2.45) is 5.92 Å². The van der Waals surface area contributed by atoms with Gasteiger partial charge in [-0.15, -0.1) is 0 Å². The van der Waals surface area contributed by atoms with E-state index < -0.39 is 33.9 Å². The first kappa shape index (κ1) is 34.2. The first-order valence-electron chi connectivity index (χ1n) is 14.1. The predicted molar refractivity (Wildman–Crippen MR) is 168 cm³/mol. The van der Waals surface area contributed by atoms with Gasteiger partial charge in [0.2, 0.25) is 10.0 Å². The van der Waals surface area contributed by atoms with Crippen molar-refractivity contribution in [2.75, 3.05) is 32.1 Å². The van der Waals surface area contributed by atoms with Crippen LogP contribution in [0, 0.1) is 5.92 Å². The lowest BCUT2D eigenvalue weighted by Gasteiger charge is -2.31. The number of ether oxygens (including phenoxy) is 2. The first-order chi connectivity index (χ1) is 20.2. The Kier molecular flexibility index (Phi) is 11.9. The van der Waals surface area contributed by atoms with Gasteiger partial charge in [-0.25, -0.2) is 18.2 Å². The molecule has 1 heterocycles. The van der Waals surface area contributed by atoms with E-state index in [1.807, 2.05) is 44.2 Å². The minimum absolute atomic E-state index is 0.0360. The van der Waals surface area contributed by atoms with Crippen molar-refractivity contribution < 1.29 is 32.6 Å². The molecule has 0 bridgehead atoms. The number of fused-ring (bicyclic) bond motifs is 1. The summed E-state index contributed by atoms with van der Waals surface area (Å²) >= 11 is 1.28. The summed E-state index contributed by atoms with van der Waals surface area (Å²) in [5.41, 5.74) is 0.739. The van der Waals surface area contributed by atoms with Crippen LogP contribution in [0.2, 0.25) is 0 Å². The van der Waals surface area contributed by atoms with E-state index in [0.29, 0.717) is 21.9 Å². The van der Waals surface area contributed by atoms with E-state index in [9.17, 15) is 23.1 Å². The van der Waals surface area contributed by atoms with Crippen LogP contribution in [-0.4, -0.2) is 79.4 Å². The number of rotatable bonds is 14. The molecule has 0 fully saturated rings. The van der Waals surface area contributed by atoms with Crippen molar-refractivity contribution in [3.63, 3.8) is 0 Å². The molecule has 1 amide bonds. The highest BCUT2D eigenvalue weighted by atomic mass is 32.2. The fourth-order valence-corrected chi connectivity index (χ4v) is 6.94. The van der Waals surface area contributed by atoms with Crippen LogP contribution in [0.3, 0.4) is 0 Å². The number of benzene rings is 2. The highest BCUT2D eigenvalue weighted by Crippen LogP contribution is 2.30. The summed E-state index contributed by atoms with van der Waals surface area (Å²) in [5.74, 6) is -0.382. The Morgan fingerprint density at radius 2 is 1.79 bits per heavy atom. The summed E-state index contributed by atoms with van der Waals surface area (Å²) in [7, 11) is -2.72. The molecule has 0 aliphatic rings. The van der Waals surface area contributed by atoms with Gasteiger partial charge in [0.1, 0.15) is 5.60 Å². The molecule has 11 nitrogen and oxygen atoms in total. The zero-order valence-corrected chi connectivity index (χ0v) is 27.1. The summed E-state index contributed by atoms with van der Waals surface area (Å²) in [4.78, 5) is 28.6. The minimum atomic E-state index is -4.04. The number of aromatic nitrogens is 1. The monoisotopic (exact) mass is 634 g/mol. The molecule has 236 valence electrons. The fourth-order valence-electron chi connectivity index (χ4n) is 4.29. The second-order valence-electron chi connectivity index (χ2n) is 11.6. The van der Waals surface area contributed by atoms with Gasteiger partial charge in [-0.3, -0.25) is 4.79 Å². The Morgan fingerprint density at radius 3 is 2.42 bits per heavy atom. The number of anilines is 1. The van der Waals surface area contributed by atoms with Gasteiger partial charge in [-0.05, 0) is 56.9 Å². The number of methoxy groups -OCH3 is 1. The maximum Gasteiger partial charge on any atom is 0.407 e. The van der Waals surface area contributed by atoms with Crippen molar-refractivity contribution >= 4 is 48.8 Å². The number of hydrogen-bond donors (Lipinski definition) is 3. The molecule has 2 atom stereocenters. The Bertz CT molecular complexity index is 1470. The van der Waals surface area contributed by atoms with Crippen molar-refractivity contribution in [2.45, 2.75) is 70.1 Å². The smallest absolute Gasteiger partial charge is 0.407 e. The second-order valence-corrected chi connectivity index (χ2v) is 14.6. The van der Waals surface area contributed by atoms with Gasteiger partial charge < -0.3 is 25.2 Å². The molecule has 0 spiro atoms. The van der Waals surface area contributed by atoms with Gasteiger partial charge in [0.25, 0.3) is 0 Å². The van der Waals surface area contributed by atoms with Crippen molar-refractivity contribution in [3.8, 4) is 0 Å².